The summed E-state index contributed by atoms with van der Waals surface area (Å²) < 4.78 is 0. The standard InChI is InChI=1S/C17H24N2O.ClH/c20-17(13-6-3-1-2-4-7-13)19-15-9-10-16-14(12-15)8-5-11-18-16;/h9-10,12-13,18H,1-8,11H2,(H,19,20);1H. The minimum absolute atomic E-state index is 0. The van der Waals surface area contributed by atoms with Gasteiger partial charge in [0.15, 0.2) is 0 Å². The highest BCUT2D eigenvalue weighted by Crippen LogP contribution is 2.27. The molecule has 2 N–H and O–H groups in total. The van der Waals surface area contributed by atoms with Crippen molar-refractivity contribution in [3.8, 4) is 0 Å². The van der Waals surface area contributed by atoms with Crippen molar-refractivity contribution >= 4 is 29.7 Å². The lowest BCUT2D eigenvalue weighted by atomic mass is 9.99. The van der Waals surface area contributed by atoms with Gasteiger partial charge in [0.1, 0.15) is 0 Å². The SMILES string of the molecule is Cl.O=C(Nc1ccc2c(c1)CCCN2)C1CCCCCC1. The van der Waals surface area contributed by atoms with Gasteiger partial charge in [-0.3, -0.25) is 4.79 Å². The van der Waals surface area contributed by atoms with E-state index in [0.29, 0.717) is 0 Å². The molecular formula is C17H25ClN2O. The molecule has 0 aromatic heterocycles. The molecule has 21 heavy (non-hydrogen) atoms. The van der Waals surface area contributed by atoms with E-state index in [-0.39, 0.29) is 24.2 Å². The zero-order valence-electron chi connectivity index (χ0n) is 12.5. The first-order valence-electron chi connectivity index (χ1n) is 8.00. The topological polar surface area (TPSA) is 41.1 Å². The van der Waals surface area contributed by atoms with E-state index in [1.54, 1.807) is 0 Å². The molecule has 0 unspecified atom stereocenters. The van der Waals surface area contributed by atoms with Crippen LogP contribution in [0.1, 0.15) is 50.5 Å². The molecular weight excluding hydrogens is 284 g/mol. The number of carbonyl (C=O) groups excluding carboxylic acids is 1. The van der Waals surface area contributed by atoms with Crippen LogP contribution in [0.25, 0.3) is 0 Å². The van der Waals surface area contributed by atoms with Crippen molar-refractivity contribution < 1.29 is 4.79 Å². The highest BCUT2D eigenvalue weighted by Gasteiger charge is 2.20. The van der Waals surface area contributed by atoms with Gasteiger partial charge < -0.3 is 10.6 Å². The van der Waals surface area contributed by atoms with Crippen molar-refractivity contribution in [1.82, 2.24) is 0 Å². The van der Waals surface area contributed by atoms with Crippen molar-refractivity contribution in [2.75, 3.05) is 17.2 Å². The maximum atomic E-state index is 12.4. The van der Waals surface area contributed by atoms with Gasteiger partial charge in [-0.15, -0.1) is 12.4 Å². The van der Waals surface area contributed by atoms with Crippen LogP contribution >= 0.6 is 12.4 Å². The summed E-state index contributed by atoms with van der Waals surface area (Å²) >= 11 is 0. The fourth-order valence-electron chi connectivity index (χ4n) is 3.34. The third kappa shape index (κ3) is 4.13. The van der Waals surface area contributed by atoms with Crippen LogP contribution in [0.15, 0.2) is 18.2 Å². The highest BCUT2D eigenvalue weighted by atomic mass is 35.5. The minimum Gasteiger partial charge on any atom is -0.385 e. The Balaban J connectivity index is 0.00000161. The lowest BCUT2D eigenvalue weighted by Gasteiger charge is -2.20. The molecule has 1 fully saturated rings. The van der Waals surface area contributed by atoms with E-state index in [9.17, 15) is 4.79 Å². The van der Waals surface area contributed by atoms with E-state index >= 15 is 0 Å². The van der Waals surface area contributed by atoms with Gasteiger partial charge in [-0.2, -0.15) is 0 Å². The molecule has 0 bridgehead atoms. The van der Waals surface area contributed by atoms with Gasteiger partial charge in [0.05, 0.1) is 0 Å². The van der Waals surface area contributed by atoms with Crippen molar-refractivity contribution in [2.24, 2.45) is 5.92 Å². The van der Waals surface area contributed by atoms with Gasteiger partial charge in [0, 0.05) is 23.8 Å². The van der Waals surface area contributed by atoms with Gasteiger partial charge in [0.2, 0.25) is 5.91 Å². The zero-order valence-corrected chi connectivity index (χ0v) is 13.3. The summed E-state index contributed by atoms with van der Waals surface area (Å²) in [6.45, 7) is 1.06. The number of benzene rings is 1. The quantitative estimate of drug-likeness (QED) is 0.796. The molecule has 1 aromatic rings. The third-order valence-electron chi connectivity index (χ3n) is 4.54. The summed E-state index contributed by atoms with van der Waals surface area (Å²) in [5, 5.41) is 6.52. The van der Waals surface area contributed by atoms with Crippen LogP contribution in [-0.2, 0) is 11.2 Å². The summed E-state index contributed by atoms with van der Waals surface area (Å²) in [7, 11) is 0. The number of nitrogens with one attached hydrogen (secondary N) is 2. The van der Waals surface area contributed by atoms with Crippen LogP contribution in [0.2, 0.25) is 0 Å². The molecule has 1 aliphatic carbocycles. The molecule has 4 heteroatoms. The van der Waals surface area contributed by atoms with Crippen molar-refractivity contribution in [1.29, 1.82) is 0 Å². The first-order chi connectivity index (χ1) is 9.83. The Morgan fingerprint density at radius 2 is 1.86 bits per heavy atom. The fraction of sp³-hybridized carbons (Fsp3) is 0.588. The molecule has 0 saturated heterocycles. The number of anilines is 2. The van der Waals surface area contributed by atoms with E-state index in [2.05, 4.69) is 22.8 Å². The van der Waals surface area contributed by atoms with E-state index < -0.39 is 0 Å². The van der Waals surface area contributed by atoms with E-state index in [4.69, 9.17) is 0 Å². The van der Waals surface area contributed by atoms with Crippen LogP contribution in [0, 0.1) is 5.92 Å². The summed E-state index contributed by atoms with van der Waals surface area (Å²) in [5.41, 5.74) is 3.51. The summed E-state index contributed by atoms with van der Waals surface area (Å²) in [6, 6.07) is 6.25. The Morgan fingerprint density at radius 1 is 1.10 bits per heavy atom. The molecule has 116 valence electrons. The van der Waals surface area contributed by atoms with E-state index in [1.165, 1.54) is 43.4 Å². The van der Waals surface area contributed by atoms with Crippen molar-refractivity contribution in [2.45, 2.75) is 51.4 Å². The Labute approximate surface area is 133 Å². The second-order valence-electron chi connectivity index (χ2n) is 6.08. The maximum absolute atomic E-state index is 12.4. The molecule has 1 amide bonds. The predicted octanol–water partition coefficient (Wildman–Crippen LogP) is 4.38. The average Bonchev–Trinajstić information content (AvgIpc) is 2.76. The fourth-order valence-corrected chi connectivity index (χ4v) is 3.34. The number of amides is 1. The molecule has 2 aliphatic rings. The number of halogens is 1. The number of fused-ring (bicyclic) bond motifs is 1. The lowest BCUT2D eigenvalue weighted by Crippen LogP contribution is -2.22. The Bertz CT molecular complexity index is 482. The van der Waals surface area contributed by atoms with Gasteiger partial charge in [-0.05, 0) is 49.4 Å². The molecule has 1 aliphatic heterocycles. The monoisotopic (exact) mass is 308 g/mol. The van der Waals surface area contributed by atoms with Crippen LogP contribution in [-0.4, -0.2) is 12.5 Å². The third-order valence-corrected chi connectivity index (χ3v) is 4.54. The molecule has 3 nitrogen and oxygen atoms in total. The molecule has 0 radical (unpaired) electrons. The summed E-state index contributed by atoms with van der Waals surface area (Å²) in [5.74, 6) is 0.433. The number of rotatable bonds is 2. The molecule has 1 heterocycles. The molecule has 3 rings (SSSR count). The first-order valence-corrected chi connectivity index (χ1v) is 8.00. The smallest absolute Gasteiger partial charge is 0.227 e. The van der Waals surface area contributed by atoms with Gasteiger partial charge in [0.25, 0.3) is 0 Å². The number of aryl methyl sites for hydroxylation is 1. The Hall–Kier alpha value is -1.22. The van der Waals surface area contributed by atoms with Gasteiger partial charge in [-0.25, -0.2) is 0 Å². The molecule has 0 atom stereocenters. The normalized spacial score (nSPS) is 18.7. The average molecular weight is 309 g/mol. The number of hydrogen-bond donors (Lipinski definition) is 2. The largest absolute Gasteiger partial charge is 0.385 e. The lowest BCUT2D eigenvalue weighted by molar-refractivity contribution is -0.120. The van der Waals surface area contributed by atoms with Crippen LogP contribution in [0.4, 0.5) is 11.4 Å². The summed E-state index contributed by atoms with van der Waals surface area (Å²) in [6.07, 6.45) is 9.36. The van der Waals surface area contributed by atoms with E-state index in [1.807, 2.05) is 6.07 Å². The van der Waals surface area contributed by atoms with Crippen LogP contribution in [0.3, 0.4) is 0 Å². The van der Waals surface area contributed by atoms with E-state index in [0.717, 1.165) is 31.5 Å². The number of carbonyl (C=O) groups is 1. The second kappa shape index (κ2) is 7.69. The van der Waals surface area contributed by atoms with Crippen molar-refractivity contribution in [3.63, 3.8) is 0 Å². The maximum Gasteiger partial charge on any atom is 0.227 e. The second-order valence-corrected chi connectivity index (χ2v) is 6.08. The Morgan fingerprint density at radius 3 is 2.62 bits per heavy atom. The summed E-state index contributed by atoms with van der Waals surface area (Å²) in [4.78, 5) is 12.4. The van der Waals surface area contributed by atoms with Gasteiger partial charge in [-0.1, -0.05) is 25.7 Å². The molecule has 1 aromatic carbocycles. The molecule has 1 saturated carbocycles. The molecule has 0 spiro atoms. The minimum atomic E-state index is 0. The van der Waals surface area contributed by atoms with Crippen molar-refractivity contribution in [3.05, 3.63) is 23.8 Å². The first kappa shape index (κ1) is 16.2. The van der Waals surface area contributed by atoms with Gasteiger partial charge >= 0.3 is 0 Å². The predicted molar refractivity (Wildman–Crippen MR) is 90.3 cm³/mol. The van der Waals surface area contributed by atoms with Crippen LogP contribution in [0.5, 0.6) is 0 Å². The highest BCUT2D eigenvalue weighted by molar-refractivity contribution is 5.93. The number of hydrogen-bond acceptors (Lipinski definition) is 2. The Kier molecular flexibility index (Phi) is 5.92. The zero-order chi connectivity index (χ0) is 13.8. The van der Waals surface area contributed by atoms with Crippen LogP contribution < -0.4 is 10.6 Å².